The number of ether oxygens (including phenoxy) is 3. The van der Waals surface area contributed by atoms with Crippen LogP contribution in [0.15, 0.2) is 18.2 Å². The lowest BCUT2D eigenvalue weighted by atomic mass is 10.2. The van der Waals surface area contributed by atoms with Gasteiger partial charge in [0.25, 0.3) is 0 Å². The third-order valence-electron chi connectivity index (χ3n) is 2.85. The second-order valence-electron chi connectivity index (χ2n) is 4.26. The van der Waals surface area contributed by atoms with E-state index in [1.165, 1.54) is 7.11 Å². The molecule has 0 heterocycles. The molecular formula is C15H23NO4. The summed E-state index contributed by atoms with van der Waals surface area (Å²) in [7, 11) is 3.01. The van der Waals surface area contributed by atoms with Crippen molar-refractivity contribution in [3.63, 3.8) is 0 Å². The van der Waals surface area contributed by atoms with Crippen molar-refractivity contribution in [2.24, 2.45) is 0 Å². The Morgan fingerprint density at radius 1 is 1.30 bits per heavy atom. The molecule has 0 spiro atoms. The molecule has 0 saturated heterocycles. The van der Waals surface area contributed by atoms with Crippen molar-refractivity contribution in [1.82, 2.24) is 5.32 Å². The normalized spacial score (nSPS) is 10.2. The summed E-state index contributed by atoms with van der Waals surface area (Å²) in [4.78, 5) is 11.0. The second kappa shape index (κ2) is 9.20. The Labute approximate surface area is 120 Å². The molecule has 5 heteroatoms. The SMILES string of the molecule is CCNCc1cccc(OC)c1OCCCC(=O)OC. The van der Waals surface area contributed by atoms with E-state index in [-0.39, 0.29) is 5.97 Å². The molecule has 0 bridgehead atoms. The summed E-state index contributed by atoms with van der Waals surface area (Å²) in [6.45, 7) is 4.12. The van der Waals surface area contributed by atoms with Gasteiger partial charge in [0.2, 0.25) is 0 Å². The van der Waals surface area contributed by atoms with Crippen LogP contribution in [0.3, 0.4) is 0 Å². The Bertz CT molecular complexity index is 420. The standard InChI is InChI=1S/C15H23NO4/c1-4-16-11-12-7-5-8-13(18-2)15(12)20-10-6-9-14(17)19-3/h5,7-8,16H,4,6,9-11H2,1-3H3. The number of esters is 1. The molecular weight excluding hydrogens is 258 g/mol. The molecule has 1 N–H and O–H groups in total. The predicted octanol–water partition coefficient (Wildman–Crippen LogP) is 2.14. The van der Waals surface area contributed by atoms with E-state index in [0.717, 1.165) is 24.4 Å². The molecule has 0 unspecified atom stereocenters. The summed E-state index contributed by atoms with van der Waals surface area (Å²) in [5.41, 5.74) is 1.05. The van der Waals surface area contributed by atoms with Gasteiger partial charge >= 0.3 is 5.97 Å². The molecule has 0 aliphatic rings. The lowest BCUT2D eigenvalue weighted by Gasteiger charge is -2.15. The van der Waals surface area contributed by atoms with Gasteiger partial charge < -0.3 is 19.5 Å². The van der Waals surface area contributed by atoms with E-state index >= 15 is 0 Å². The van der Waals surface area contributed by atoms with Gasteiger partial charge in [-0.3, -0.25) is 4.79 Å². The lowest BCUT2D eigenvalue weighted by Crippen LogP contribution is -2.13. The maximum Gasteiger partial charge on any atom is 0.305 e. The minimum absolute atomic E-state index is 0.221. The van der Waals surface area contributed by atoms with Crippen LogP contribution in [0.5, 0.6) is 11.5 Å². The Kier molecular flexibility index (Phi) is 7.50. The first-order valence-electron chi connectivity index (χ1n) is 6.79. The minimum Gasteiger partial charge on any atom is -0.493 e. The quantitative estimate of drug-likeness (QED) is 0.555. The van der Waals surface area contributed by atoms with E-state index < -0.39 is 0 Å². The van der Waals surface area contributed by atoms with Crippen molar-refractivity contribution >= 4 is 5.97 Å². The van der Waals surface area contributed by atoms with E-state index in [2.05, 4.69) is 17.0 Å². The number of benzene rings is 1. The van der Waals surface area contributed by atoms with Gasteiger partial charge in [0.1, 0.15) is 0 Å². The van der Waals surface area contributed by atoms with Crippen LogP contribution < -0.4 is 14.8 Å². The van der Waals surface area contributed by atoms with Crippen LogP contribution in [0.25, 0.3) is 0 Å². The van der Waals surface area contributed by atoms with E-state index in [1.54, 1.807) is 7.11 Å². The molecule has 20 heavy (non-hydrogen) atoms. The van der Waals surface area contributed by atoms with E-state index in [1.807, 2.05) is 18.2 Å². The summed E-state index contributed by atoms with van der Waals surface area (Å²) in [6, 6.07) is 5.80. The van der Waals surface area contributed by atoms with Crippen LogP contribution in [0.1, 0.15) is 25.3 Å². The van der Waals surface area contributed by atoms with Gasteiger partial charge in [-0.15, -0.1) is 0 Å². The smallest absolute Gasteiger partial charge is 0.305 e. The number of carbonyl (C=O) groups excluding carboxylic acids is 1. The topological polar surface area (TPSA) is 56.8 Å². The minimum atomic E-state index is -0.221. The van der Waals surface area contributed by atoms with Crippen LogP contribution >= 0.6 is 0 Å². The molecule has 0 atom stereocenters. The molecule has 1 rings (SSSR count). The Morgan fingerprint density at radius 2 is 2.10 bits per heavy atom. The fourth-order valence-electron chi connectivity index (χ4n) is 1.78. The van der Waals surface area contributed by atoms with Gasteiger partial charge in [-0.25, -0.2) is 0 Å². The average molecular weight is 281 g/mol. The Balaban J connectivity index is 2.63. The zero-order chi connectivity index (χ0) is 14.8. The number of hydrogen-bond acceptors (Lipinski definition) is 5. The molecule has 112 valence electrons. The summed E-state index contributed by atoms with van der Waals surface area (Å²) < 4.78 is 15.7. The monoisotopic (exact) mass is 281 g/mol. The van der Waals surface area contributed by atoms with E-state index in [0.29, 0.717) is 25.2 Å². The third kappa shape index (κ3) is 5.09. The molecule has 0 amide bonds. The summed E-state index contributed by atoms with van der Waals surface area (Å²) in [6.07, 6.45) is 0.972. The highest BCUT2D eigenvalue weighted by Crippen LogP contribution is 2.31. The molecule has 5 nitrogen and oxygen atoms in total. The van der Waals surface area contributed by atoms with Crippen molar-refractivity contribution in [1.29, 1.82) is 0 Å². The number of nitrogens with one attached hydrogen (secondary N) is 1. The lowest BCUT2D eigenvalue weighted by molar-refractivity contribution is -0.140. The zero-order valence-electron chi connectivity index (χ0n) is 12.4. The van der Waals surface area contributed by atoms with Crippen molar-refractivity contribution in [3.05, 3.63) is 23.8 Å². The largest absolute Gasteiger partial charge is 0.493 e. The first kappa shape index (κ1) is 16.3. The molecule has 1 aromatic rings. The molecule has 1 aromatic carbocycles. The van der Waals surface area contributed by atoms with Gasteiger partial charge in [0.15, 0.2) is 11.5 Å². The van der Waals surface area contributed by atoms with Gasteiger partial charge in [0.05, 0.1) is 20.8 Å². The van der Waals surface area contributed by atoms with Crippen molar-refractivity contribution in [3.8, 4) is 11.5 Å². The highest BCUT2D eigenvalue weighted by Gasteiger charge is 2.10. The first-order valence-corrected chi connectivity index (χ1v) is 6.79. The van der Waals surface area contributed by atoms with Crippen molar-refractivity contribution in [2.75, 3.05) is 27.4 Å². The van der Waals surface area contributed by atoms with Crippen LogP contribution in [-0.2, 0) is 16.1 Å². The second-order valence-corrected chi connectivity index (χ2v) is 4.26. The van der Waals surface area contributed by atoms with Gasteiger partial charge in [-0.05, 0) is 19.0 Å². The summed E-state index contributed by atoms with van der Waals surface area (Å²) in [5, 5.41) is 3.26. The molecule has 0 aromatic heterocycles. The Hall–Kier alpha value is -1.75. The van der Waals surface area contributed by atoms with Crippen molar-refractivity contribution in [2.45, 2.75) is 26.3 Å². The molecule has 0 fully saturated rings. The first-order chi connectivity index (χ1) is 9.72. The van der Waals surface area contributed by atoms with E-state index in [4.69, 9.17) is 9.47 Å². The fraction of sp³-hybridized carbons (Fsp3) is 0.533. The zero-order valence-corrected chi connectivity index (χ0v) is 12.4. The van der Waals surface area contributed by atoms with E-state index in [9.17, 15) is 4.79 Å². The van der Waals surface area contributed by atoms with Crippen molar-refractivity contribution < 1.29 is 19.0 Å². The van der Waals surface area contributed by atoms with Crippen LogP contribution in [0.4, 0.5) is 0 Å². The van der Waals surface area contributed by atoms with Gasteiger partial charge in [0, 0.05) is 18.5 Å². The van der Waals surface area contributed by atoms with Gasteiger partial charge in [-0.2, -0.15) is 0 Å². The van der Waals surface area contributed by atoms with Crippen LogP contribution in [0, 0.1) is 0 Å². The maximum atomic E-state index is 11.0. The summed E-state index contributed by atoms with van der Waals surface area (Å²) >= 11 is 0. The van der Waals surface area contributed by atoms with Crippen LogP contribution in [-0.4, -0.2) is 33.3 Å². The molecule has 0 aliphatic heterocycles. The molecule has 0 saturated carbocycles. The number of carbonyl (C=O) groups is 1. The van der Waals surface area contributed by atoms with Crippen LogP contribution in [0.2, 0.25) is 0 Å². The predicted molar refractivity (Wildman–Crippen MR) is 77.1 cm³/mol. The maximum absolute atomic E-state index is 11.0. The fourth-order valence-corrected chi connectivity index (χ4v) is 1.78. The number of hydrogen-bond donors (Lipinski definition) is 1. The number of para-hydroxylation sites is 1. The Morgan fingerprint density at radius 3 is 2.75 bits per heavy atom. The number of rotatable bonds is 9. The van der Waals surface area contributed by atoms with Gasteiger partial charge in [-0.1, -0.05) is 19.1 Å². The molecule has 0 radical (unpaired) electrons. The number of methoxy groups -OCH3 is 2. The highest BCUT2D eigenvalue weighted by molar-refractivity contribution is 5.69. The summed E-state index contributed by atoms with van der Waals surface area (Å²) in [5.74, 6) is 1.22. The molecule has 0 aliphatic carbocycles. The average Bonchev–Trinajstić information content (AvgIpc) is 2.49. The third-order valence-corrected chi connectivity index (χ3v) is 2.85. The highest BCUT2D eigenvalue weighted by atomic mass is 16.5.